The normalized spacial score (nSPS) is 18.2. The van der Waals surface area contributed by atoms with E-state index in [-0.39, 0.29) is 0 Å². The second kappa shape index (κ2) is 6.57. The van der Waals surface area contributed by atoms with Gasteiger partial charge in [0.2, 0.25) is 9.84 Å². The predicted molar refractivity (Wildman–Crippen MR) is 96.8 cm³/mol. The lowest BCUT2D eigenvalue weighted by molar-refractivity contribution is -0.895. The Bertz CT molecular complexity index is 791. The van der Waals surface area contributed by atoms with E-state index in [0.29, 0.717) is 21.5 Å². The van der Waals surface area contributed by atoms with E-state index < -0.39 is 9.84 Å². The highest BCUT2D eigenvalue weighted by Gasteiger charge is 2.28. The van der Waals surface area contributed by atoms with Gasteiger partial charge < -0.3 is 9.80 Å². The van der Waals surface area contributed by atoms with Crippen LogP contribution in [0.2, 0.25) is 0 Å². The summed E-state index contributed by atoms with van der Waals surface area (Å²) in [6, 6.07) is 16.2. The smallest absolute Gasteiger partial charge is 0.208 e. The third kappa shape index (κ3) is 3.62. The number of sulfone groups is 1. The van der Waals surface area contributed by atoms with Crippen molar-refractivity contribution in [1.82, 2.24) is 0 Å². The number of quaternary nitrogens is 1. The standard InChI is InChI=1S/C19H25N2O2S/c1-21(2)14-12-16(13-15-21)20-18-10-6-7-11-19(18)24(22,23)17-8-4-3-5-9-17/h3-11,16,20H,12-15H2,1-2H3/q+1. The minimum atomic E-state index is -3.51. The number of rotatable bonds is 4. The molecular formula is C19H25N2O2S+. The molecule has 2 aromatic rings. The van der Waals surface area contributed by atoms with E-state index >= 15 is 0 Å². The molecule has 1 heterocycles. The molecule has 0 bridgehead atoms. The fourth-order valence-electron chi connectivity index (χ4n) is 3.18. The predicted octanol–water partition coefficient (Wildman–Crippen LogP) is 3.17. The molecule has 0 amide bonds. The molecule has 1 aliphatic rings. The van der Waals surface area contributed by atoms with E-state index in [1.54, 1.807) is 36.4 Å². The van der Waals surface area contributed by atoms with E-state index in [0.717, 1.165) is 30.4 Å². The van der Waals surface area contributed by atoms with Crippen molar-refractivity contribution in [2.45, 2.75) is 28.7 Å². The minimum Gasteiger partial charge on any atom is -0.381 e. The van der Waals surface area contributed by atoms with Crippen LogP contribution in [0.1, 0.15) is 12.8 Å². The Kier molecular flexibility index (Phi) is 4.65. The summed E-state index contributed by atoms with van der Waals surface area (Å²) in [4.78, 5) is 0.691. The second-order valence-corrected chi connectivity index (χ2v) is 9.03. The molecule has 0 radical (unpaired) electrons. The van der Waals surface area contributed by atoms with Crippen molar-refractivity contribution in [3.05, 3.63) is 54.6 Å². The fraction of sp³-hybridized carbons (Fsp3) is 0.368. The maximum Gasteiger partial charge on any atom is 0.208 e. The van der Waals surface area contributed by atoms with Gasteiger partial charge in [0, 0.05) is 18.9 Å². The molecule has 128 valence electrons. The van der Waals surface area contributed by atoms with Crippen LogP contribution in [0.4, 0.5) is 5.69 Å². The molecule has 1 aliphatic heterocycles. The number of nitrogens with one attached hydrogen (secondary N) is 1. The third-order valence-electron chi connectivity index (χ3n) is 4.76. The van der Waals surface area contributed by atoms with Gasteiger partial charge in [0.25, 0.3) is 0 Å². The van der Waals surface area contributed by atoms with Crippen molar-refractivity contribution in [3.63, 3.8) is 0 Å². The van der Waals surface area contributed by atoms with Crippen LogP contribution in [-0.2, 0) is 9.84 Å². The highest BCUT2D eigenvalue weighted by molar-refractivity contribution is 7.91. The van der Waals surface area contributed by atoms with Crippen molar-refractivity contribution in [2.24, 2.45) is 0 Å². The van der Waals surface area contributed by atoms with Crippen LogP contribution in [0.15, 0.2) is 64.4 Å². The van der Waals surface area contributed by atoms with E-state index in [2.05, 4.69) is 19.4 Å². The number of hydrogen-bond donors (Lipinski definition) is 1. The zero-order valence-electron chi connectivity index (χ0n) is 14.3. The van der Waals surface area contributed by atoms with Crippen LogP contribution in [0.3, 0.4) is 0 Å². The largest absolute Gasteiger partial charge is 0.381 e. The van der Waals surface area contributed by atoms with Gasteiger partial charge in [-0.2, -0.15) is 0 Å². The number of piperidine rings is 1. The average Bonchev–Trinajstić information content (AvgIpc) is 2.58. The lowest BCUT2D eigenvalue weighted by Gasteiger charge is -2.37. The van der Waals surface area contributed by atoms with Gasteiger partial charge in [-0.15, -0.1) is 0 Å². The Labute approximate surface area is 144 Å². The maximum atomic E-state index is 13.0. The maximum absolute atomic E-state index is 13.0. The first-order valence-electron chi connectivity index (χ1n) is 8.36. The second-order valence-electron chi connectivity index (χ2n) is 7.11. The van der Waals surface area contributed by atoms with E-state index in [1.807, 2.05) is 18.2 Å². The first kappa shape index (κ1) is 17.0. The SMILES string of the molecule is C[N+]1(C)CCC(Nc2ccccc2S(=O)(=O)c2ccccc2)CC1. The Morgan fingerprint density at radius 2 is 1.50 bits per heavy atom. The molecule has 5 heteroatoms. The molecule has 24 heavy (non-hydrogen) atoms. The molecule has 1 fully saturated rings. The third-order valence-corrected chi connectivity index (χ3v) is 6.58. The van der Waals surface area contributed by atoms with Crippen molar-refractivity contribution >= 4 is 15.5 Å². The zero-order valence-corrected chi connectivity index (χ0v) is 15.1. The van der Waals surface area contributed by atoms with Crippen molar-refractivity contribution in [3.8, 4) is 0 Å². The number of nitrogens with zero attached hydrogens (tertiary/aromatic N) is 1. The molecular weight excluding hydrogens is 320 g/mol. The van der Waals surface area contributed by atoms with Gasteiger partial charge >= 0.3 is 0 Å². The Balaban J connectivity index is 1.87. The van der Waals surface area contributed by atoms with E-state index in [1.165, 1.54) is 0 Å². The lowest BCUT2D eigenvalue weighted by atomic mass is 10.0. The summed E-state index contributed by atoms with van der Waals surface area (Å²) in [6.07, 6.45) is 2.10. The van der Waals surface area contributed by atoms with Gasteiger partial charge in [-0.25, -0.2) is 8.42 Å². The molecule has 0 aliphatic carbocycles. The first-order valence-corrected chi connectivity index (χ1v) is 9.84. The van der Waals surface area contributed by atoms with Gasteiger partial charge in [0.1, 0.15) is 0 Å². The van der Waals surface area contributed by atoms with Gasteiger partial charge in [-0.1, -0.05) is 30.3 Å². The number of likely N-dealkylation sites (tertiary alicyclic amines) is 1. The lowest BCUT2D eigenvalue weighted by Crippen LogP contribution is -2.49. The van der Waals surface area contributed by atoms with Crippen LogP contribution >= 0.6 is 0 Å². The van der Waals surface area contributed by atoms with Gasteiger partial charge in [-0.3, -0.25) is 0 Å². The number of para-hydroxylation sites is 1. The van der Waals surface area contributed by atoms with Crippen molar-refractivity contribution in [2.75, 3.05) is 32.5 Å². The highest BCUT2D eigenvalue weighted by atomic mass is 32.2. The van der Waals surface area contributed by atoms with E-state index in [9.17, 15) is 8.42 Å². The minimum absolute atomic E-state index is 0.322. The molecule has 1 saturated heterocycles. The molecule has 0 spiro atoms. The number of benzene rings is 2. The summed E-state index contributed by atoms with van der Waals surface area (Å²) in [6.45, 7) is 2.20. The van der Waals surface area contributed by atoms with Crippen molar-refractivity contribution in [1.29, 1.82) is 0 Å². The molecule has 2 aromatic carbocycles. The summed E-state index contributed by atoms with van der Waals surface area (Å²) >= 11 is 0. The molecule has 4 nitrogen and oxygen atoms in total. The van der Waals surface area contributed by atoms with Crippen LogP contribution in [-0.4, -0.2) is 46.1 Å². The number of hydrogen-bond acceptors (Lipinski definition) is 3. The van der Waals surface area contributed by atoms with Crippen LogP contribution in [0.25, 0.3) is 0 Å². The van der Waals surface area contributed by atoms with Crippen LogP contribution in [0.5, 0.6) is 0 Å². The van der Waals surface area contributed by atoms with Gasteiger partial charge in [0.05, 0.1) is 42.7 Å². The van der Waals surface area contributed by atoms with Crippen LogP contribution in [0, 0.1) is 0 Å². The molecule has 0 unspecified atom stereocenters. The molecule has 3 rings (SSSR count). The van der Waals surface area contributed by atoms with E-state index in [4.69, 9.17) is 0 Å². The Morgan fingerprint density at radius 1 is 0.917 bits per heavy atom. The zero-order chi connectivity index (χ0) is 17.2. The topological polar surface area (TPSA) is 46.2 Å². The Hall–Kier alpha value is -1.85. The summed E-state index contributed by atoms with van der Waals surface area (Å²) in [7, 11) is 0.971. The fourth-order valence-corrected chi connectivity index (χ4v) is 4.62. The first-order chi connectivity index (χ1) is 11.4. The quantitative estimate of drug-likeness (QED) is 0.866. The Morgan fingerprint density at radius 3 is 2.17 bits per heavy atom. The number of anilines is 1. The molecule has 0 atom stereocenters. The molecule has 1 N–H and O–H groups in total. The van der Waals surface area contributed by atoms with Crippen LogP contribution < -0.4 is 5.32 Å². The molecule has 0 saturated carbocycles. The summed E-state index contributed by atoms with van der Waals surface area (Å²) in [5.41, 5.74) is 0.707. The summed E-state index contributed by atoms with van der Waals surface area (Å²) in [5, 5.41) is 3.47. The van der Waals surface area contributed by atoms with Gasteiger partial charge in [-0.05, 0) is 24.3 Å². The van der Waals surface area contributed by atoms with Gasteiger partial charge in [0.15, 0.2) is 0 Å². The summed E-state index contributed by atoms with van der Waals surface area (Å²) in [5.74, 6) is 0. The monoisotopic (exact) mass is 345 g/mol. The summed E-state index contributed by atoms with van der Waals surface area (Å²) < 4.78 is 26.9. The highest BCUT2D eigenvalue weighted by Crippen LogP contribution is 2.29. The average molecular weight is 345 g/mol. The molecule has 0 aromatic heterocycles. The van der Waals surface area contributed by atoms with Crippen molar-refractivity contribution < 1.29 is 12.9 Å².